The highest BCUT2D eigenvalue weighted by atomic mass is 14.8. The molecule has 2 aliphatic rings. The van der Waals surface area contributed by atoms with Gasteiger partial charge in [-0.2, -0.15) is 0 Å². The predicted octanol–water partition coefficient (Wildman–Crippen LogP) is 2.90. The number of hydrogen-bond donors (Lipinski definition) is 1. The summed E-state index contributed by atoms with van der Waals surface area (Å²) in [5.41, 5.74) is 9.39. The molecule has 0 saturated heterocycles. The normalized spacial score (nSPS) is 24.4. The minimum atomic E-state index is 0.0270. The van der Waals surface area contributed by atoms with Crippen molar-refractivity contribution < 1.29 is 0 Å². The molecular formula is C13H17N. The van der Waals surface area contributed by atoms with Crippen molar-refractivity contribution in [1.29, 1.82) is 0 Å². The Morgan fingerprint density at radius 1 is 1.14 bits per heavy atom. The number of hydrogen-bond acceptors (Lipinski definition) is 1. The van der Waals surface area contributed by atoms with Crippen molar-refractivity contribution in [2.75, 3.05) is 0 Å². The zero-order valence-corrected chi connectivity index (χ0v) is 8.50. The second-order valence-electron chi connectivity index (χ2n) is 4.87. The van der Waals surface area contributed by atoms with E-state index in [2.05, 4.69) is 24.3 Å². The molecule has 1 nitrogen and oxygen atoms in total. The van der Waals surface area contributed by atoms with E-state index in [1.165, 1.54) is 43.2 Å². The minimum absolute atomic E-state index is 0.0270. The van der Waals surface area contributed by atoms with Crippen LogP contribution in [0.1, 0.15) is 49.1 Å². The molecule has 0 radical (unpaired) electrons. The summed E-state index contributed by atoms with van der Waals surface area (Å²) in [4.78, 5) is 0. The molecule has 0 unspecified atom stereocenters. The van der Waals surface area contributed by atoms with Crippen LogP contribution in [0.15, 0.2) is 24.3 Å². The molecule has 0 amide bonds. The molecule has 0 aromatic heterocycles. The molecule has 2 fully saturated rings. The Morgan fingerprint density at radius 3 is 2.43 bits per heavy atom. The summed E-state index contributed by atoms with van der Waals surface area (Å²) < 4.78 is 0. The van der Waals surface area contributed by atoms with Crippen molar-refractivity contribution in [3.05, 3.63) is 35.4 Å². The molecule has 2 aliphatic carbocycles. The Morgan fingerprint density at radius 2 is 1.86 bits per heavy atom. The van der Waals surface area contributed by atoms with Gasteiger partial charge in [0.25, 0.3) is 0 Å². The summed E-state index contributed by atoms with van der Waals surface area (Å²) in [7, 11) is 0. The summed E-state index contributed by atoms with van der Waals surface area (Å²) in [6.07, 6.45) is 6.39. The lowest BCUT2D eigenvalue weighted by molar-refractivity contribution is 0.252. The van der Waals surface area contributed by atoms with Gasteiger partial charge >= 0.3 is 0 Å². The van der Waals surface area contributed by atoms with Crippen LogP contribution < -0.4 is 5.73 Å². The Kier molecular flexibility index (Phi) is 1.72. The Balaban J connectivity index is 2.02. The fraction of sp³-hybridized carbons (Fsp3) is 0.538. The molecule has 74 valence electrons. The third kappa shape index (κ3) is 1.19. The molecule has 1 aromatic rings. The van der Waals surface area contributed by atoms with Crippen molar-refractivity contribution in [2.45, 2.75) is 43.6 Å². The van der Waals surface area contributed by atoms with Gasteiger partial charge in [-0.1, -0.05) is 24.3 Å². The van der Waals surface area contributed by atoms with Gasteiger partial charge in [-0.05, 0) is 49.1 Å². The lowest BCUT2D eigenvalue weighted by Crippen LogP contribution is -2.44. The first kappa shape index (κ1) is 8.49. The predicted molar refractivity (Wildman–Crippen MR) is 58.1 cm³/mol. The van der Waals surface area contributed by atoms with E-state index in [4.69, 9.17) is 5.73 Å². The number of rotatable bonds is 2. The summed E-state index contributed by atoms with van der Waals surface area (Å²) in [6, 6.07) is 8.81. The molecule has 2 N–H and O–H groups in total. The van der Waals surface area contributed by atoms with E-state index in [9.17, 15) is 0 Å². The highest BCUT2D eigenvalue weighted by molar-refractivity contribution is 5.39. The van der Waals surface area contributed by atoms with Crippen molar-refractivity contribution in [1.82, 2.24) is 0 Å². The number of benzene rings is 1. The monoisotopic (exact) mass is 187 g/mol. The summed E-state index contributed by atoms with van der Waals surface area (Å²) in [5.74, 6) is 0.826. The van der Waals surface area contributed by atoms with Crippen LogP contribution in [0.2, 0.25) is 0 Å². The zero-order valence-electron chi connectivity index (χ0n) is 8.50. The lowest BCUT2D eigenvalue weighted by Gasteiger charge is -2.40. The average Bonchev–Trinajstić information content (AvgIpc) is 2.97. The van der Waals surface area contributed by atoms with Crippen LogP contribution in [0.4, 0.5) is 0 Å². The molecule has 2 saturated carbocycles. The Hall–Kier alpha value is -0.820. The zero-order chi connectivity index (χ0) is 9.60. The van der Waals surface area contributed by atoms with E-state index in [0.717, 1.165) is 5.92 Å². The van der Waals surface area contributed by atoms with Gasteiger partial charge in [0.2, 0.25) is 0 Å². The second-order valence-corrected chi connectivity index (χ2v) is 4.87. The van der Waals surface area contributed by atoms with Gasteiger partial charge in [0, 0.05) is 5.54 Å². The standard InChI is InChI=1S/C13H17N/c14-13(8-3-9-13)12-5-2-1-4-11(12)10-6-7-10/h1-2,4-5,10H,3,6-9,14H2. The van der Waals surface area contributed by atoms with Crippen molar-refractivity contribution in [2.24, 2.45) is 5.73 Å². The maximum atomic E-state index is 6.39. The van der Waals surface area contributed by atoms with Crippen LogP contribution in [0.5, 0.6) is 0 Å². The maximum Gasteiger partial charge on any atom is 0.0412 e. The molecule has 14 heavy (non-hydrogen) atoms. The van der Waals surface area contributed by atoms with E-state index in [1.54, 1.807) is 0 Å². The quantitative estimate of drug-likeness (QED) is 0.757. The van der Waals surface area contributed by atoms with E-state index in [1.807, 2.05) is 0 Å². The Labute approximate surface area is 85.3 Å². The van der Waals surface area contributed by atoms with Gasteiger partial charge < -0.3 is 5.73 Å². The maximum absolute atomic E-state index is 6.39. The van der Waals surface area contributed by atoms with Gasteiger partial charge in [0.1, 0.15) is 0 Å². The highest BCUT2D eigenvalue weighted by Crippen LogP contribution is 2.47. The molecule has 3 rings (SSSR count). The van der Waals surface area contributed by atoms with Crippen LogP contribution in [0, 0.1) is 0 Å². The van der Waals surface area contributed by atoms with Gasteiger partial charge in [-0.3, -0.25) is 0 Å². The van der Waals surface area contributed by atoms with Crippen molar-refractivity contribution in [3.8, 4) is 0 Å². The summed E-state index contributed by atoms with van der Waals surface area (Å²) >= 11 is 0. The molecule has 1 aromatic carbocycles. The molecule has 1 heteroatoms. The molecule has 0 heterocycles. The van der Waals surface area contributed by atoms with E-state index < -0.39 is 0 Å². The van der Waals surface area contributed by atoms with E-state index in [-0.39, 0.29) is 5.54 Å². The van der Waals surface area contributed by atoms with Gasteiger partial charge in [-0.25, -0.2) is 0 Å². The molecular weight excluding hydrogens is 170 g/mol. The first-order valence-electron chi connectivity index (χ1n) is 5.68. The third-order valence-electron chi connectivity index (χ3n) is 3.76. The average molecular weight is 187 g/mol. The van der Waals surface area contributed by atoms with E-state index >= 15 is 0 Å². The minimum Gasteiger partial charge on any atom is -0.321 e. The van der Waals surface area contributed by atoms with Crippen LogP contribution >= 0.6 is 0 Å². The first-order valence-corrected chi connectivity index (χ1v) is 5.68. The smallest absolute Gasteiger partial charge is 0.0412 e. The van der Waals surface area contributed by atoms with Gasteiger partial charge in [-0.15, -0.1) is 0 Å². The fourth-order valence-electron chi connectivity index (χ4n) is 2.53. The van der Waals surface area contributed by atoms with Crippen LogP contribution in [-0.2, 0) is 5.54 Å². The molecule has 0 atom stereocenters. The van der Waals surface area contributed by atoms with Crippen LogP contribution in [-0.4, -0.2) is 0 Å². The molecule has 0 bridgehead atoms. The summed E-state index contributed by atoms with van der Waals surface area (Å²) in [6.45, 7) is 0. The number of nitrogens with two attached hydrogens (primary N) is 1. The largest absolute Gasteiger partial charge is 0.321 e. The molecule has 0 aliphatic heterocycles. The topological polar surface area (TPSA) is 26.0 Å². The Bertz CT molecular complexity index is 348. The van der Waals surface area contributed by atoms with E-state index in [0.29, 0.717) is 0 Å². The third-order valence-corrected chi connectivity index (χ3v) is 3.76. The fourth-order valence-corrected chi connectivity index (χ4v) is 2.53. The van der Waals surface area contributed by atoms with Crippen LogP contribution in [0.25, 0.3) is 0 Å². The molecule has 0 spiro atoms. The second kappa shape index (κ2) is 2.83. The van der Waals surface area contributed by atoms with Crippen molar-refractivity contribution >= 4 is 0 Å². The first-order chi connectivity index (χ1) is 6.80. The lowest BCUT2D eigenvalue weighted by atomic mass is 9.71. The SMILES string of the molecule is NC1(c2ccccc2C2CC2)CCC1. The van der Waals surface area contributed by atoms with Crippen molar-refractivity contribution in [3.63, 3.8) is 0 Å². The van der Waals surface area contributed by atoms with Gasteiger partial charge in [0.15, 0.2) is 0 Å². The van der Waals surface area contributed by atoms with Crippen LogP contribution in [0.3, 0.4) is 0 Å². The highest BCUT2D eigenvalue weighted by Gasteiger charge is 2.38. The summed E-state index contributed by atoms with van der Waals surface area (Å²) in [5, 5.41) is 0. The van der Waals surface area contributed by atoms with Gasteiger partial charge in [0.05, 0.1) is 0 Å².